The molecule has 2 atom stereocenters. The second-order valence-corrected chi connectivity index (χ2v) is 2.93. The minimum atomic E-state index is -2.25. The summed E-state index contributed by atoms with van der Waals surface area (Å²) in [7, 11) is 3.75. The van der Waals surface area contributed by atoms with E-state index in [0.717, 1.165) is 0 Å². The third kappa shape index (κ3) is 7.05. The van der Waals surface area contributed by atoms with Crippen LogP contribution in [0.5, 0.6) is 0 Å². The predicted octanol–water partition coefficient (Wildman–Crippen LogP) is -1.72. The lowest BCUT2D eigenvalue weighted by molar-refractivity contribution is -0.475. The number of methoxy groups -OCH3 is 3. The molecular formula is C8H20N2O7. The van der Waals surface area contributed by atoms with Crippen molar-refractivity contribution >= 4 is 6.03 Å². The number of nitrogens with two attached hydrogens (primary N) is 2. The van der Waals surface area contributed by atoms with Crippen LogP contribution in [0.1, 0.15) is 6.92 Å². The molecule has 0 aliphatic rings. The minimum Gasteiger partial charge on any atom is -0.359 e. The summed E-state index contributed by atoms with van der Waals surface area (Å²) in [6, 6.07) is -0.833. The van der Waals surface area contributed by atoms with Crippen LogP contribution in [-0.4, -0.2) is 56.1 Å². The van der Waals surface area contributed by atoms with E-state index < -0.39 is 17.8 Å². The fourth-order valence-corrected chi connectivity index (χ4v) is 0.650. The van der Waals surface area contributed by atoms with Gasteiger partial charge < -0.3 is 35.9 Å². The number of amides is 2. The number of primary amides is 2. The quantitative estimate of drug-likeness (QED) is 0.413. The van der Waals surface area contributed by atoms with E-state index in [0.29, 0.717) is 0 Å². The highest BCUT2D eigenvalue weighted by molar-refractivity contribution is 5.69. The lowest BCUT2D eigenvalue weighted by Gasteiger charge is -2.36. The molecule has 9 nitrogen and oxygen atoms in total. The van der Waals surface area contributed by atoms with Gasteiger partial charge in [-0.3, -0.25) is 4.74 Å². The first kappa shape index (κ1) is 18.4. The van der Waals surface area contributed by atoms with E-state index in [2.05, 4.69) is 25.7 Å². The smallest absolute Gasteiger partial charge is 0.339 e. The summed E-state index contributed by atoms with van der Waals surface area (Å²) >= 11 is 0. The molecule has 0 saturated carbocycles. The number of carbonyl (C=O) groups is 1. The van der Waals surface area contributed by atoms with Crippen molar-refractivity contribution in [2.75, 3.05) is 28.1 Å². The number of ether oxygens (including phenoxy) is 4. The summed E-state index contributed by atoms with van der Waals surface area (Å²) < 4.78 is 18.4. The van der Waals surface area contributed by atoms with Gasteiger partial charge in [0.15, 0.2) is 6.79 Å². The van der Waals surface area contributed by atoms with E-state index in [9.17, 15) is 10.2 Å². The molecule has 0 heterocycles. The van der Waals surface area contributed by atoms with Gasteiger partial charge in [-0.15, -0.1) is 0 Å². The van der Waals surface area contributed by atoms with Crippen LogP contribution in [0.25, 0.3) is 0 Å². The lowest BCUT2D eigenvalue weighted by Crippen LogP contribution is -2.57. The van der Waals surface area contributed by atoms with Gasteiger partial charge in [0.2, 0.25) is 5.79 Å². The van der Waals surface area contributed by atoms with Crippen LogP contribution in [0, 0.1) is 0 Å². The molecule has 0 radical (unpaired) electrons. The first-order chi connectivity index (χ1) is 7.66. The van der Waals surface area contributed by atoms with Crippen molar-refractivity contribution in [2.45, 2.75) is 18.7 Å². The molecule has 0 aromatic carbocycles. The van der Waals surface area contributed by atoms with Crippen LogP contribution in [0.2, 0.25) is 0 Å². The van der Waals surface area contributed by atoms with Gasteiger partial charge in [0.25, 0.3) is 0 Å². The number of rotatable bonds is 6. The van der Waals surface area contributed by atoms with Crippen LogP contribution in [0.15, 0.2) is 0 Å². The van der Waals surface area contributed by atoms with E-state index in [4.69, 9.17) is 9.53 Å². The van der Waals surface area contributed by atoms with Crippen LogP contribution < -0.4 is 11.5 Å². The van der Waals surface area contributed by atoms with E-state index in [-0.39, 0.29) is 6.79 Å². The summed E-state index contributed by atoms with van der Waals surface area (Å²) in [5, 5.41) is 19.1. The maximum absolute atomic E-state index is 9.58. The van der Waals surface area contributed by atoms with Crippen LogP contribution in [0.3, 0.4) is 0 Å². The first-order valence-electron chi connectivity index (χ1n) is 4.39. The normalized spacial score (nSPS) is 17.3. The zero-order valence-electron chi connectivity index (χ0n) is 10.3. The molecule has 0 bridgehead atoms. The molecule has 0 aromatic rings. The van der Waals surface area contributed by atoms with Gasteiger partial charge in [0.05, 0.1) is 0 Å². The van der Waals surface area contributed by atoms with Gasteiger partial charge in [0.1, 0.15) is 0 Å². The highest BCUT2D eigenvalue weighted by Crippen LogP contribution is 2.24. The summed E-state index contributed by atoms with van der Waals surface area (Å²) in [5.41, 5.74) is 8.50. The Hall–Kier alpha value is -0.970. The maximum Gasteiger partial charge on any atom is 0.339 e. The molecule has 0 fully saturated rings. The Morgan fingerprint density at radius 1 is 1.18 bits per heavy atom. The van der Waals surface area contributed by atoms with Crippen molar-refractivity contribution in [3.8, 4) is 0 Å². The molecule has 17 heavy (non-hydrogen) atoms. The Labute approximate surface area is 99.2 Å². The Morgan fingerprint density at radius 3 is 1.82 bits per heavy atom. The van der Waals surface area contributed by atoms with Crippen LogP contribution in [0.4, 0.5) is 4.79 Å². The summed E-state index contributed by atoms with van der Waals surface area (Å²) in [5.74, 6) is -4.22. The van der Waals surface area contributed by atoms with Crippen molar-refractivity contribution in [2.24, 2.45) is 11.5 Å². The molecule has 0 aliphatic heterocycles. The predicted molar refractivity (Wildman–Crippen MR) is 56.3 cm³/mol. The number of hydrogen-bond donors (Lipinski definition) is 4. The lowest BCUT2D eigenvalue weighted by atomic mass is 10.2. The zero-order valence-corrected chi connectivity index (χ0v) is 10.3. The van der Waals surface area contributed by atoms with Crippen molar-refractivity contribution in [3.63, 3.8) is 0 Å². The highest BCUT2D eigenvalue weighted by atomic mass is 16.9. The van der Waals surface area contributed by atoms with Crippen molar-refractivity contribution < 1.29 is 34.0 Å². The van der Waals surface area contributed by atoms with E-state index in [1.165, 1.54) is 28.3 Å². The third-order valence-corrected chi connectivity index (χ3v) is 1.63. The van der Waals surface area contributed by atoms with E-state index in [1.54, 1.807) is 0 Å². The maximum atomic E-state index is 9.58. The number of urea groups is 1. The van der Waals surface area contributed by atoms with Gasteiger partial charge in [-0.1, -0.05) is 0 Å². The Bertz CT molecular complexity index is 220. The van der Waals surface area contributed by atoms with Gasteiger partial charge in [-0.25, -0.2) is 4.79 Å². The second-order valence-electron chi connectivity index (χ2n) is 2.93. The number of carbonyl (C=O) groups excluding carboxylic acids is 1. The molecule has 9 heteroatoms. The monoisotopic (exact) mass is 256 g/mol. The molecule has 0 saturated heterocycles. The number of aliphatic hydroxyl groups is 2. The van der Waals surface area contributed by atoms with E-state index in [1.807, 2.05) is 0 Å². The van der Waals surface area contributed by atoms with Gasteiger partial charge >= 0.3 is 12.0 Å². The van der Waals surface area contributed by atoms with Gasteiger partial charge in [0, 0.05) is 21.3 Å². The van der Waals surface area contributed by atoms with Gasteiger partial charge in [-0.05, 0) is 6.92 Å². The van der Waals surface area contributed by atoms with Crippen LogP contribution in [-0.2, 0) is 18.9 Å². The summed E-state index contributed by atoms with van der Waals surface area (Å²) in [4.78, 5) is 9.00. The molecule has 0 aromatic heterocycles. The standard InChI is InChI=1S/C7H16O6.CH4N2O/c1-6(8,11-3)7(9,12-4)13-5-10-2;2-1(3)4/h8-9H,5H2,1-4H3;(H4,2,3,4). The second kappa shape index (κ2) is 8.17. The minimum absolute atomic E-state index is 0.232. The van der Waals surface area contributed by atoms with E-state index >= 15 is 0 Å². The average Bonchev–Trinajstić information content (AvgIpc) is 2.24. The Balaban J connectivity index is 0. The summed E-state index contributed by atoms with van der Waals surface area (Å²) in [6.07, 6.45) is 0. The molecule has 2 amide bonds. The first-order valence-corrected chi connectivity index (χ1v) is 4.39. The van der Waals surface area contributed by atoms with Crippen LogP contribution >= 0.6 is 0 Å². The molecular weight excluding hydrogens is 236 g/mol. The number of hydrogen-bond acceptors (Lipinski definition) is 7. The Morgan fingerprint density at radius 2 is 1.59 bits per heavy atom. The zero-order chi connectivity index (χ0) is 14.1. The highest BCUT2D eigenvalue weighted by Gasteiger charge is 2.49. The largest absolute Gasteiger partial charge is 0.359 e. The topological polar surface area (TPSA) is 146 Å². The Kier molecular flexibility index (Phi) is 8.84. The van der Waals surface area contributed by atoms with Crippen molar-refractivity contribution in [1.29, 1.82) is 0 Å². The molecule has 104 valence electrons. The SMILES string of the molecule is COCOC(O)(OC)C(C)(O)OC.NC(N)=O. The van der Waals surface area contributed by atoms with Gasteiger partial charge in [-0.2, -0.15) is 0 Å². The fraction of sp³-hybridized carbons (Fsp3) is 0.875. The molecule has 6 N–H and O–H groups in total. The van der Waals surface area contributed by atoms with Crippen molar-refractivity contribution in [3.05, 3.63) is 0 Å². The molecule has 0 spiro atoms. The molecule has 0 rings (SSSR count). The molecule has 0 aliphatic carbocycles. The van der Waals surface area contributed by atoms with Crippen molar-refractivity contribution in [1.82, 2.24) is 0 Å². The fourth-order valence-electron chi connectivity index (χ4n) is 0.650. The summed E-state index contributed by atoms with van der Waals surface area (Å²) in [6.45, 7) is 0.968. The average molecular weight is 256 g/mol. The third-order valence-electron chi connectivity index (χ3n) is 1.63. The molecule has 2 unspecified atom stereocenters.